The van der Waals surface area contributed by atoms with Crippen molar-refractivity contribution in [2.45, 2.75) is 5.92 Å². The maximum atomic E-state index is 9.70. The van der Waals surface area contributed by atoms with E-state index in [0.29, 0.717) is 47.5 Å². The van der Waals surface area contributed by atoms with Gasteiger partial charge in [0.25, 0.3) is 0 Å². The van der Waals surface area contributed by atoms with Crippen molar-refractivity contribution in [2.24, 2.45) is 5.73 Å². The SMILES string of the molecule is COc1ccc2c(c1)OC(N)=C(C#N)[C@@H]2c1cc(OC)c2c(c1)OCCO2. The first kappa shape index (κ1) is 16.9. The van der Waals surface area contributed by atoms with Gasteiger partial charge in [0.15, 0.2) is 11.5 Å². The van der Waals surface area contributed by atoms with Gasteiger partial charge < -0.3 is 29.4 Å². The third kappa shape index (κ3) is 2.75. The highest BCUT2D eigenvalue weighted by Crippen LogP contribution is 2.48. The number of nitriles is 1. The van der Waals surface area contributed by atoms with Gasteiger partial charge in [0.1, 0.15) is 36.4 Å². The summed E-state index contributed by atoms with van der Waals surface area (Å²) in [4.78, 5) is 0. The third-order valence-corrected chi connectivity index (χ3v) is 4.61. The summed E-state index contributed by atoms with van der Waals surface area (Å²) in [6.45, 7) is 0.906. The minimum atomic E-state index is -0.422. The van der Waals surface area contributed by atoms with Crippen LogP contribution in [0.15, 0.2) is 41.8 Å². The Hall–Kier alpha value is -3.53. The Bertz CT molecular complexity index is 960. The number of allylic oxidation sites excluding steroid dienone is 1. The molecule has 27 heavy (non-hydrogen) atoms. The fraction of sp³-hybridized carbons (Fsp3) is 0.250. The van der Waals surface area contributed by atoms with Gasteiger partial charge in [-0.3, -0.25) is 0 Å². The predicted octanol–water partition coefficient (Wildman–Crippen LogP) is 2.69. The lowest BCUT2D eigenvalue weighted by Gasteiger charge is -2.28. The largest absolute Gasteiger partial charge is 0.497 e. The Morgan fingerprint density at radius 3 is 2.63 bits per heavy atom. The molecule has 2 N–H and O–H groups in total. The van der Waals surface area contributed by atoms with Gasteiger partial charge >= 0.3 is 0 Å². The van der Waals surface area contributed by atoms with Crippen LogP contribution in [0, 0.1) is 11.3 Å². The number of rotatable bonds is 3. The molecular formula is C20H18N2O5. The Morgan fingerprint density at radius 2 is 1.89 bits per heavy atom. The molecule has 1 atom stereocenters. The first-order valence-corrected chi connectivity index (χ1v) is 8.39. The zero-order chi connectivity index (χ0) is 19.0. The Kier molecular flexibility index (Phi) is 4.16. The van der Waals surface area contributed by atoms with Gasteiger partial charge in [0, 0.05) is 11.6 Å². The molecule has 0 radical (unpaired) electrons. The Labute approximate surface area is 156 Å². The van der Waals surface area contributed by atoms with Gasteiger partial charge in [-0.05, 0) is 23.8 Å². The fourth-order valence-corrected chi connectivity index (χ4v) is 3.37. The van der Waals surface area contributed by atoms with E-state index in [9.17, 15) is 5.26 Å². The molecule has 0 spiro atoms. The molecule has 7 nitrogen and oxygen atoms in total. The summed E-state index contributed by atoms with van der Waals surface area (Å²) in [7, 11) is 3.14. The van der Waals surface area contributed by atoms with Crippen LogP contribution in [-0.2, 0) is 0 Å². The van der Waals surface area contributed by atoms with Crippen molar-refractivity contribution in [2.75, 3.05) is 27.4 Å². The van der Waals surface area contributed by atoms with Crippen molar-refractivity contribution in [3.8, 4) is 34.8 Å². The highest BCUT2D eigenvalue weighted by atomic mass is 16.6. The lowest BCUT2D eigenvalue weighted by Crippen LogP contribution is -2.22. The fourth-order valence-electron chi connectivity index (χ4n) is 3.37. The number of ether oxygens (including phenoxy) is 5. The standard InChI is InChI=1S/C20H18N2O5/c1-23-12-3-4-13-15(9-12)27-20(22)14(10-21)18(13)11-7-16(24-2)19-17(8-11)25-5-6-26-19/h3-4,7-9,18H,5-6,22H2,1-2H3/t18-/m1/s1. The molecule has 2 aromatic rings. The van der Waals surface area contributed by atoms with Crippen molar-refractivity contribution < 1.29 is 23.7 Å². The zero-order valence-corrected chi connectivity index (χ0v) is 14.9. The lowest BCUT2D eigenvalue weighted by molar-refractivity contribution is 0.165. The highest BCUT2D eigenvalue weighted by molar-refractivity contribution is 5.62. The van der Waals surface area contributed by atoms with E-state index in [-0.39, 0.29) is 5.88 Å². The van der Waals surface area contributed by atoms with Crippen LogP contribution in [0.25, 0.3) is 0 Å². The third-order valence-electron chi connectivity index (χ3n) is 4.61. The average Bonchev–Trinajstić information content (AvgIpc) is 2.71. The number of nitrogens with two attached hydrogens (primary N) is 1. The van der Waals surface area contributed by atoms with E-state index in [2.05, 4.69) is 6.07 Å². The second-order valence-electron chi connectivity index (χ2n) is 6.08. The molecule has 0 bridgehead atoms. The summed E-state index contributed by atoms with van der Waals surface area (Å²) in [5, 5.41) is 9.70. The van der Waals surface area contributed by atoms with E-state index < -0.39 is 5.92 Å². The quantitative estimate of drug-likeness (QED) is 0.892. The van der Waals surface area contributed by atoms with Crippen molar-refractivity contribution >= 4 is 0 Å². The molecule has 0 saturated heterocycles. The van der Waals surface area contributed by atoms with Crippen LogP contribution in [0.2, 0.25) is 0 Å². The van der Waals surface area contributed by atoms with E-state index in [0.717, 1.165) is 11.1 Å². The maximum Gasteiger partial charge on any atom is 0.205 e. The molecule has 0 unspecified atom stereocenters. The molecule has 2 aliphatic rings. The van der Waals surface area contributed by atoms with Gasteiger partial charge in [-0.1, -0.05) is 6.07 Å². The summed E-state index contributed by atoms with van der Waals surface area (Å²) < 4.78 is 27.8. The summed E-state index contributed by atoms with van der Waals surface area (Å²) >= 11 is 0. The van der Waals surface area contributed by atoms with Crippen LogP contribution >= 0.6 is 0 Å². The molecule has 0 aromatic heterocycles. The first-order chi connectivity index (χ1) is 13.2. The van der Waals surface area contributed by atoms with Crippen molar-refractivity contribution in [1.82, 2.24) is 0 Å². The van der Waals surface area contributed by atoms with Crippen LogP contribution in [0.3, 0.4) is 0 Å². The van der Waals surface area contributed by atoms with Crippen molar-refractivity contribution in [3.63, 3.8) is 0 Å². The summed E-state index contributed by atoms with van der Waals surface area (Å²) in [5.74, 6) is 2.51. The second kappa shape index (κ2) is 6.65. The van der Waals surface area contributed by atoms with Gasteiger partial charge in [0.2, 0.25) is 11.6 Å². The summed E-state index contributed by atoms with van der Waals surface area (Å²) in [6.07, 6.45) is 0. The Balaban J connectivity index is 1.91. The smallest absolute Gasteiger partial charge is 0.205 e. The molecule has 0 amide bonds. The molecule has 138 valence electrons. The first-order valence-electron chi connectivity index (χ1n) is 8.39. The molecule has 7 heteroatoms. The molecule has 0 saturated carbocycles. The van der Waals surface area contributed by atoms with Gasteiger partial charge in [0.05, 0.1) is 20.1 Å². The monoisotopic (exact) mass is 366 g/mol. The summed E-state index contributed by atoms with van der Waals surface area (Å²) in [6, 6.07) is 11.3. The van der Waals surface area contributed by atoms with Crippen LogP contribution in [0.5, 0.6) is 28.7 Å². The molecule has 2 aliphatic heterocycles. The zero-order valence-electron chi connectivity index (χ0n) is 14.9. The number of hydrogen-bond donors (Lipinski definition) is 1. The van der Waals surface area contributed by atoms with Crippen molar-refractivity contribution in [1.29, 1.82) is 5.26 Å². The van der Waals surface area contributed by atoms with Crippen LogP contribution in [0.1, 0.15) is 17.0 Å². The van der Waals surface area contributed by atoms with Crippen LogP contribution in [0.4, 0.5) is 0 Å². The Morgan fingerprint density at radius 1 is 1.07 bits per heavy atom. The number of fused-ring (bicyclic) bond motifs is 2. The number of benzene rings is 2. The molecule has 2 heterocycles. The van der Waals surface area contributed by atoms with E-state index in [4.69, 9.17) is 29.4 Å². The lowest BCUT2D eigenvalue weighted by atomic mass is 9.83. The maximum absolute atomic E-state index is 9.70. The minimum absolute atomic E-state index is 0.0668. The number of nitrogens with zero attached hydrogens (tertiary/aromatic N) is 1. The molecule has 2 aromatic carbocycles. The number of methoxy groups -OCH3 is 2. The molecule has 0 fully saturated rings. The van der Waals surface area contributed by atoms with Gasteiger partial charge in [-0.2, -0.15) is 5.26 Å². The minimum Gasteiger partial charge on any atom is -0.497 e. The highest BCUT2D eigenvalue weighted by Gasteiger charge is 2.33. The topological polar surface area (TPSA) is 96.0 Å². The van der Waals surface area contributed by atoms with Crippen LogP contribution in [-0.4, -0.2) is 27.4 Å². The van der Waals surface area contributed by atoms with E-state index >= 15 is 0 Å². The second-order valence-corrected chi connectivity index (χ2v) is 6.08. The normalized spacial score (nSPS) is 17.4. The summed E-state index contributed by atoms with van der Waals surface area (Å²) in [5.41, 5.74) is 7.97. The van der Waals surface area contributed by atoms with Crippen molar-refractivity contribution in [3.05, 3.63) is 52.9 Å². The van der Waals surface area contributed by atoms with E-state index in [1.165, 1.54) is 0 Å². The van der Waals surface area contributed by atoms with Gasteiger partial charge in [-0.25, -0.2) is 0 Å². The van der Waals surface area contributed by atoms with Gasteiger partial charge in [-0.15, -0.1) is 0 Å². The van der Waals surface area contributed by atoms with E-state index in [1.807, 2.05) is 24.3 Å². The molecular weight excluding hydrogens is 348 g/mol. The molecule has 0 aliphatic carbocycles. The predicted molar refractivity (Wildman–Crippen MR) is 96.3 cm³/mol. The average molecular weight is 366 g/mol. The molecule has 4 rings (SSSR count). The number of hydrogen-bond acceptors (Lipinski definition) is 7. The van der Waals surface area contributed by atoms with E-state index in [1.54, 1.807) is 20.3 Å². The van der Waals surface area contributed by atoms with Crippen LogP contribution < -0.4 is 29.4 Å².